The van der Waals surface area contributed by atoms with E-state index < -0.39 is 15.9 Å². The Kier molecular flexibility index (Phi) is 8.01. The highest BCUT2D eigenvalue weighted by molar-refractivity contribution is 7.88. The van der Waals surface area contributed by atoms with Crippen LogP contribution in [0.5, 0.6) is 5.75 Å². The quantitative estimate of drug-likeness (QED) is 0.488. The molecule has 4 rings (SSSR count). The minimum Gasteiger partial charge on any atom is -0.487 e. The van der Waals surface area contributed by atoms with E-state index in [0.29, 0.717) is 41.4 Å². The van der Waals surface area contributed by atoms with Gasteiger partial charge < -0.3 is 10.1 Å². The molecule has 0 saturated carbocycles. The maximum Gasteiger partial charge on any atom is 0.224 e. The monoisotopic (exact) mass is 538 g/mol. The van der Waals surface area contributed by atoms with Crippen molar-refractivity contribution in [1.29, 1.82) is 0 Å². The average molecular weight is 540 g/mol. The fourth-order valence-corrected chi connectivity index (χ4v) is 7.25. The number of para-hydroxylation sites is 1. The first kappa shape index (κ1) is 26.3. The molecule has 0 bridgehead atoms. The Morgan fingerprint density at radius 2 is 1.91 bits per heavy atom. The van der Waals surface area contributed by atoms with Crippen molar-refractivity contribution in [2.24, 2.45) is 5.92 Å². The van der Waals surface area contributed by atoms with Crippen LogP contribution in [0.1, 0.15) is 63.1 Å². The van der Waals surface area contributed by atoms with Gasteiger partial charge in [0.15, 0.2) is 0 Å². The molecule has 2 aliphatic heterocycles. The third-order valence-electron chi connectivity index (χ3n) is 7.30. The number of rotatable bonds is 7. The number of amides is 1. The van der Waals surface area contributed by atoms with E-state index in [0.717, 1.165) is 24.2 Å². The second-order valence-electron chi connectivity index (χ2n) is 9.48. The van der Waals surface area contributed by atoms with Gasteiger partial charge in [0.05, 0.1) is 17.7 Å². The molecule has 2 aromatic rings. The number of sulfonamides is 1. The summed E-state index contributed by atoms with van der Waals surface area (Å²) in [7, 11) is -3.64. The van der Waals surface area contributed by atoms with E-state index in [2.05, 4.69) is 19.2 Å². The van der Waals surface area contributed by atoms with Crippen LogP contribution >= 0.6 is 23.2 Å². The van der Waals surface area contributed by atoms with Gasteiger partial charge in [-0.1, -0.05) is 61.3 Å². The first-order valence-corrected chi connectivity index (χ1v) is 14.5. The molecule has 190 valence electrons. The number of carbonyl (C=O) groups is 1. The van der Waals surface area contributed by atoms with Gasteiger partial charge in [0, 0.05) is 35.1 Å². The number of nitrogens with zero attached hydrogens (tertiary/aromatic N) is 1. The van der Waals surface area contributed by atoms with Gasteiger partial charge in [0.25, 0.3) is 0 Å². The summed E-state index contributed by atoms with van der Waals surface area (Å²) in [5.41, 5.74) is 1.14. The number of benzene rings is 2. The molecule has 0 radical (unpaired) electrons. The predicted octanol–water partition coefficient (Wildman–Crippen LogP) is 5.73. The molecule has 0 aliphatic carbocycles. The Bertz CT molecular complexity index is 1180. The maximum absolute atomic E-state index is 13.4. The van der Waals surface area contributed by atoms with Crippen molar-refractivity contribution in [2.45, 2.75) is 63.3 Å². The van der Waals surface area contributed by atoms with Crippen LogP contribution < -0.4 is 10.1 Å². The molecule has 6 nitrogen and oxygen atoms in total. The summed E-state index contributed by atoms with van der Waals surface area (Å²) in [6.07, 6.45) is 3.65. The number of halogens is 2. The second kappa shape index (κ2) is 10.7. The molecule has 2 atom stereocenters. The van der Waals surface area contributed by atoms with E-state index in [-0.39, 0.29) is 29.8 Å². The van der Waals surface area contributed by atoms with E-state index in [1.54, 1.807) is 18.2 Å². The van der Waals surface area contributed by atoms with E-state index in [9.17, 15) is 13.2 Å². The number of carbonyl (C=O) groups excluding carboxylic acids is 1. The number of ether oxygens (including phenoxy) is 1. The number of piperidine rings is 1. The molecule has 1 fully saturated rings. The van der Waals surface area contributed by atoms with Crippen LogP contribution in [-0.4, -0.2) is 37.3 Å². The minimum absolute atomic E-state index is 0.114. The van der Waals surface area contributed by atoms with Crippen LogP contribution in [-0.2, 0) is 20.6 Å². The van der Waals surface area contributed by atoms with Crippen LogP contribution in [0.4, 0.5) is 0 Å². The molecule has 2 aromatic carbocycles. The number of nitrogens with one attached hydrogen (secondary N) is 1. The van der Waals surface area contributed by atoms with Gasteiger partial charge in [0.2, 0.25) is 15.9 Å². The molecule has 35 heavy (non-hydrogen) atoms. The van der Waals surface area contributed by atoms with Gasteiger partial charge in [-0.25, -0.2) is 12.7 Å². The molecule has 1 N–H and O–H groups in total. The molecule has 2 aliphatic rings. The standard InChI is InChI=1S/C26H32Cl2N2O4S/c1-3-26(4-2)15-23(21-9-5-6-10-24(21)34-26)29-25(31)18-8-7-13-30(16-18)35(32,33)17-19-11-12-20(27)14-22(19)28/h5-6,9-12,14,18,23H,3-4,7-8,13,15-17H2,1-2H3,(H,29,31)/t18-,23+/m0/s1. The zero-order valence-corrected chi connectivity index (χ0v) is 22.4. The summed E-state index contributed by atoms with van der Waals surface area (Å²) in [5, 5.41) is 4.00. The molecule has 2 heterocycles. The smallest absolute Gasteiger partial charge is 0.224 e. The van der Waals surface area contributed by atoms with E-state index >= 15 is 0 Å². The average Bonchev–Trinajstić information content (AvgIpc) is 2.85. The maximum atomic E-state index is 13.4. The number of fused-ring (bicyclic) bond motifs is 1. The van der Waals surface area contributed by atoms with Crippen molar-refractivity contribution in [1.82, 2.24) is 9.62 Å². The van der Waals surface area contributed by atoms with Crippen LogP contribution in [0, 0.1) is 5.92 Å². The lowest BCUT2D eigenvalue weighted by molar-refractivity contribution is -0.127. The van der Waals surface area contributed by atoms with Gasteiger partial charge in [-0.05, 0) is 49.4 Å². The normalized spacial score (nSPS) is 22.2. The zero-order valence-electron chi connectivity index (χ0n) is 20.1. The first-order valence-electron chi connectivity index (χ1n) is 12.2. The second-order valence-corrected chi connectivity index (χ2v) is 12.3. The minimum atomic E-state index is -3.64. The molecular formula is C26H32Cl2N2O4S. The number of hydrogen-bond acceptors (Lipinski definition) is 4. The van der Waals surface area contributed by atoms with Crippen LogP contribution in [0.2, 0.25) is 10.0 Å². The Morgan fingerprint density at radius 1 is 1.17 bits per heavy atom. The van der Waals surface area contributed by atoms with Crippen molar-refractivity contribution >= 4 is 39.1 Å². The topological polar surface area (TPSA) is 75.7 Å². The van der Waals surface area contributed by atoms with Crippen molar-refractivity contribution in [3.8, 4) is 5.75 Å². The SMILES string of the molecule is CCC1(CC)C[C@@H](NC(=O)[C@H]2CCCN(S(=O)(=O)Cc3ccc(Cl)cc3Cl)C2)c2ccccc2O1. The van der Waals surface area contributed by atoms with Crippen LogP contribution in [0.15, 0.2) is 42.5 Å². The van der Waals surface area contributed by atoms with Gasteiger partial charge in [-0.15, -0.1) is 0 Å². The highest BCUT2D eigenvalue weighted by Crippen LogP contribution is 2.42. The highest BCUT2D eigenvalue weighted by atomic mass is 35.5. The number of hydrogen-bond donors (Lipinski definition) is 1. The Morgan fingerprint density at radius 3 is 2.63 bits per heavy atom. The van der Waals surface area contributed by atoms with Gasteiger partial charge >= 0.3 is 0 Å². The zero-order chi connectivity index (χ0) is 25.2. The van der Waals surface area contributed by atoms with E-state index in [1.165, 1.54) is 4.31 Å². The third kappa shape index (κ3) is 5.79. The Balaban J connectivity index is 1.47. The Labute approximate surface area is 218 Å². The summed E-state index contributed by atoms with van der Waals surface area (Å²) < 4.78 is 34.1. The lowest BCUT2D eigenvalue weighted by atomic mass is 9.83. The molecule has 9 heteroatoms. The highest BCUT2D eigenvalue weighted by Gasteiger charge is 2.40. The third-order valence-corrected chi connectivity index (χ3v) is 9.68. The van der Waals surface area contributed by atoms with Crippen LogP contribution in [0.25, 0.3) is 0 Å². The lowest BCUT2D eigenvalue weighted by Gasteiger charge is -2.42. The fourth-order valence-electron chi connectivity index (χ4n) is 5.06. The predicted molar refractivity (Wildman–Crippen MR) is 139 cm³/mol. The summed E-state index contributed by atoms with van der Waals surface area (Å²) >= 11 is 12.2. The van der Waals surface area contributed by atoms with Crippen molar-refractivity contribution in [3.05, 3.63) is 63.6 Å². The van der Waals surface area contributed by atoms with Gasteiger partial charge in [0.1, 0.15) is 11.4 Å². The summed E-state index contributed by atoms with van der Waals surface area (Å²) in [6.45, 7) is 4.77. The van der Waals surface area contributed by atoms with Gasteiger partial charge in [-0.2, -0.15) is 0 Å². The largest absolute Gasteiger partial charge is 0.487 e. The molecule has 0 aromatic heterocycles. The van der Waals surface area contributed by atoms with E-state index in [4.69, 9.17) is 27.9 Å². The van der Waals surface area contributed by atoms with E-state index in [1.807, 2.05) is 24.3 Å². The van der Waals surface area contributed by atoms with Gasteiger partial charge in [-0.3, -0.25) is 4.79 Å². The molecule has 1 saturated heterocycles. The summed E-state index contributed by atoms with van der Waals surface area (Å²) in [5.74, 6) is 0.0600. The van der Waals surface area contributed by atoms with Crippen molar-refractivity contribution in [3.63, 3.8) is 0 Å². The molecular weight excluding hydrogens is 507 g/mol. The lowest BCUT2D eigenvalue weighted by Crippen LogP contribution is -2.49. The molecule has 0 spiro atoms. The van der Waals surface area contributed by atoms with Crippen molar-refractivity contribution < 1.29 is 17.9 Å². The Hall–Kier alpha value is -1.80. The molecule has 1 amide bonds. The summed E-state index contributed by atoms with van der Waals surface area (Å²) in [4.78, 5) is 13.4. The van der Waals surface area contributed by atoms with Crippen LogP contribution in [0.3, 0.4) is 0 Å². The fraction of sp³-hybridized carbons (Fsp3) is 0.500. The van der Waals surface area contributed by atoms with Crippen molar-refractivity contribution in [2.75, 3.05) is 13.1 Å². The molecule has 0 unspecified atom stereocenters. The first-order chi connectivity index (χ1) is 16.7. The summed E-state index contributed by atoms with van der Waals surface area (Å²) in [6, 6.07) is 12.5.